The zero-order valence-corrected chi connectivity index (χ0v) is 11.4. The van der Waals surface area contributed by atoms with Crippen molar-refractivity contribution in [3.05, 3.63) is 35.4 Å². The number of nitrogens with one attached hydrogen (secondary N) is 1. The third kappa shape index (κ3) is 2.49. The minimum Gasteiger partial charge on any atom is -0.480 e. The molecule has 21 heavy (non-hydrogen) atoms. The van der Waals surface area contributed by atoms with E-state index < -0.39 is 18.1 Å². The number of benzene rings is 1. The summed E-state index contributed by atoms with van der Waals surface area (Å²) in [6, 6.07) is 6.08. The Morgan fingerprint density at radius 3 is 2.57 bits per heavy atom. The third-order valence-corrected chi connectivity index (χ3v) is 4.11. The molecule has 3 rings (SSSR count). The molecule has 6 nitrogen and oxygen atoms in total. The molecule has 1 aromatic rings. The Labute approximate surface area is 121 Å². The highest BCUT2D eigenvalue weighted by Gasteiger charge is 2.39. The topological polar surface area (TPSA) is 86.7 Å². The third-order valence-electron chi connectivity index (χ3n) is 4.11. The van der Waals surface area contributed by atoms with E-state index in [9.17, 15) is 19.5 Å². The van der Waals surface area contributed by atoms with Crippen LogP contribution < -0.4 is 5.32 Å². The SMILES string of the molecule is O=C1CC[C@@H](C(=O)N2Cc3ccccc3C[C@H]2C(=O)O)N1. The first-order chi connectivity index (χ1) is 10.1. The number of carbonyl (C=O) groups excluding carboxylic acids is 2. The number of carbonyl (C=O) groups is 3. The molecule has 0 aliphatic carbocycles. The van der Waals surface area contributed by atoms with E-state index in [1.54, 1.807) is 0 Å². The molecule has 1 saturated heterocycles. The summed E-state index contributed by atoms with van der Waals surface area (Å²) in [6.07, 6.45) is 1.05. The summed E-state index contributed by atoms with van der Waals surface area (Å²) in [4.78, 5) is 36.6. The van der Waals surface area contributed by atoms with Crippen molar-refractivity contribution in [2.24, 2.45) is 0 Å². The normalized spacial score (nSPS) is 24.4. The highest BCUT2D eigenvalue weighted by molar-refractivity contribution is 5.93. The maximum Gasteiger partial charge on any atom is 0.326 e. The van der Waals surface area contributed by atoms with Crippen molar-refractivity contribution in [2.75, 3.05) is 0 Å². The first kappa shape index (κ1) is 13.6. The minimum absolute atomic E-state index is 0.155. The van der Waals surface area contributed by atoms with Gasteiger partial charge in [0.25, 0.3) is 0 Å². The van der Waals surface area contributed by atoms with Crippen molar-refractivity contribution in [3.8, 4) is 0 Å². The number of amides is 2. The predicted octanol–water partition coefficient (Wildman–Crippen LogP) is 0.303. The summed E-state index contributed by atoms with van der Waals surface area (Å²) < 4.78 is 0. The number of carboxylic acid groups (broad SMARTS) is 1. The molecule has 0 saturated carbocycles. The molecular weight excluding hydrogens is 272 g/mol. The molecule has 2 aliphatic heterocycles. The maximum atomic E-state index is 12.5. The summed E-state index contributed by atoms with van der Waals surface area (Å²) in [5.74, 6) is -1.47. The van der Waals surface area contributed by atoms with Crippen molar-refractivity contribution in [1.82, 2.24) is 10.2 Å². The van der Waals surface area contributed by atoms with Gasteiger partial charge < -0.3 is 15.3 Å². The van der Waals surface area contributed by atoms with Gasteiger partial charge in [-0.2, -0.15) is 0 Å². The molecule has 1 aromatic carbocycles. The van der Waals surface area contributed by atoms with Crippen LogP contribution in [0, 0.1) is 0 Å². The molecule has 6 heteroatoms. The molecular formula is C15H16N2O4. The number of hydrogen-bond acceptors (Lipinski definition) is 3. The van der Waals surface area contributed by atoms with Crippen molar-refractivity contribution >= 4 is 17.8 Å². The van der Waals surface area contributed by atoms with E-state index >= 15 is 0 Å². The van der Waals surface area contributed by atoms with Crippen LogP contribution in [0.3, 0.4) is 0 Å². The average molecular weight is 288 g/mol. The Bertz CT molecular complexity index is 613. The number of hydrogen-bond donors (Lipinski definition) is 2. The van der Waals surface area contributed by atoms with Crippen LogP contribution in [0.15, 0.2) is 24.3 Å². The Kier molecular flexibility index (Phi) is 3.37. The highest BCUT2D eigenvalue weighted by Crippen LogP contribution is 2.25. The summed E-state index contributed by atoms with van der Waals surface area (Å²) in [7, 11) is 0. The zero-order chi connectivity index (χ0) is 15.0. The molecule has 110 valence electrons. The molecule has 2 amide bonds. The number of carboxylic acids is 1. The van der Waals surface area contributed by atoms with Crippen molar-refractivity contribution in [1.29, 1.82) is 0 Å². The van der Waals surface area contributed by atoms with E-state index in [2.05, 4.69) is 5.32 Å². The standard InChI is InChI=1S/C15H16N2O4/c18-13-6-5-11(16-13)14(19)17-8-10-4-2-1-3-9(10)7-12(17)15(20)21/h1-4,11-12H,5-8H2,(H,16,18)(H,20,21)/t11-,12-/m0/s1. The van der Waals surface area contributed by atoms with Crippen LogP contribution in [0.1, 0.15) is 24.0 Å². The van der Waals surface area contributed by atoms with Gasteiger partial charge in [0, 0.05) is 19.4 Å². The van der Waals surface area contributed by atoms with E-state index in [-0.39, 0.29) is 18.4 Å². The van der Waals surface area contributed by atoms with Gasteiger partial charge in [-0.15, -0.1) is 0 Å². The second-order valence-electron chi connectivity index (χ2n) is 5.45. The lowest BCUT2D eigenvalue weighted by Crippen LogP contribution is -2.53. The maximum absolute atomic E-state index is 12.5. The molecule has 2 heterocycles. The number of rotatable bonds is 2. The lowest BCUT2D eigenvalue weighted by atomic mass is 9.93. The lowest BCUT2D eigenvalue weighted by molar-refractivity contribution is -0.152. The van der Waals surface area contributed by atoms with Gasteiger partial charge in [-0.25, -0.2) is 4.79 Å². The molecule has 0 spiro atoms. The van der Waals surface area contributed by atoms with Crippen molar-refractivity contribution in [3.63, 3.8) is 0 Å². The van der Waals surface area contributed by atoms with Crippen molar-refractivity contribution in [2.45, 2.75) is 37.9 Å². The monoisotopic (exact) mass is 288 g/mol. The Hall–Kier alpha value is -2.37. The number of aliphatic carboxylic acids is 1. The minimum atomic E-state index is -1.01. The van der Waals surface area contributed by atoms with Crippen LogP contribution in [0.5, 0.6) is 0 Å². The fraction of sp³-hybridized carbons (Fsp3) is 0.400. The van der Waals surface area contributed by atoms with Gasteiger partial charge in [-0.3, -0.25) is 9.59 Å². The van der Waals surface area contributed by atoms with Crippen LogP contribution in [-0.4, -0.2) is 39.9 Å². The summed E-state index contributed by atoms with van der Waals surface area (Å²) in [5, 5.41) is 12.0. The lowest BCUT2D eigenvalue weighted by Gasteiger charge is -2.35. The van der Waals surface area contributed by atoms with E-state index in [0.717, 1.165) is 11.1 Å². The van der Waals surface area contributed by atoms with Gasteiger partial charge in [0.15, 0.2) is 0 Å². The largest absolute Gasteiger partial charge is 0.480 e. The van der Waals surface area contributed by atoms with Gasteiger partial charge in [-0.1, -0.05) is 24.3 Å². The first-order valence-electron chi connectivity index (χ1n) is 6.95. The average Bonchev–Trinajstić information content (AvgIpc) is 2.91. The quantitative estimate of drug-likeness (QED) is 0.819. The van der Waals surface area contributed by atoms with E-state index in [1.165, 1.54) is 4.90 Å². The number of nitrogens with zero attached hydrogens (tertiary/aromatic N) is 1. The summed E-state index contributed by atoms with van der Waals surface area (Å²) in [6.45, 7) is 0.276. The molecule has 0 aromatic heterocycles. The molecule has 2 N–H and O–H groups in total. The summed E-state index contributed by atoms with van der Waals surface area (Å²) >= 11 is 0. The molecule has 0 radical (unpaired) electrons. The van der Waals surface area contributed by atoms with Crippen molar-refractivity contribution < 1.29 is 19.5 Å². The van der Waals surface area contributed by atoms with Gasteiger partial charge in [-0.05, 0) is 17.5 Å². The Morgan fingerprint density at radius 1 is 1.24 bits per heavy atom. The second kappa shape index (κ2) is 5.20. The molecule has 2 atom stereocenters. The van der Waals surface area contributed by atoms with Crippen LogP contribution in [0.25, 0.3) is 0 Å². The zero-order valence-electron chi connectivity index (χ0n) is 11.4. The Morgan fingerprint density at radius 2 is 1.95 bits per heavy atom. The van der Waals surface area contributed by atoms with Gasteiger partial charge in [0.1, 0.15) is 12.1 Å². The smallest absolute Gasteiger partial charge is 0.326 e. The molecule has 0 bridgehead atoms. The van der Waals surface area contributed by atoms with Gasteiger partial charge >= 0.3 is 5.97 Å². The van der Waals surface area contributed by atoms with Crippen LogP contribution in [0.2, 0.25) is 0 Å². The second-order valence-corrected chi connectivity index (χ2v) is 5.45. The first-order valence-corrected chi connectivity index (χ1v) is 6.95. The van der Waals surface area contributed by atoms with Crippen LogP contribution in [0.4, 0.5) is 0 Å². The molecule has 1 fully saturated rings. The predicted molar refractivity (Wildman–Crippen MR) is 73.3 cm³/mol. The Balaban J connectivity index is 1.87. The fourth-order valence-corrected chi connectivity index (χ4v) is 2.97. The summed E-state index contributed by atoms with van der Waals surface area (Å²) in [5.41, 5.74) is 1.93. The number of fused-ring (bicyclic) bond motifs is 1. The van der Waals surface area contributed by atoms with E-state index in [0.29, 0.717) is 19.3 Å². The highest BCUT2D eigenvalue weighted by atomic mass is 16.4. The fourth-order valence-electron chi connectivity index (χ4n) is 2.97. The molecule has 0 unspecified atom stereocenters. The van der Waals surface area contributed by atoms with Gasteiger partial charge in [0.05, 0.1) is 0 Å². The molecule has 2 aliphatic rings. The van der Waals surface area contributed by atoms with Gasteiger partial charge in [0.2, 0.25) is 11.8 Å². The van der Waals surface area contributed by atoms with Crippen LogP contribution in [-0.2, 0) is 27.3 Å². The van der Waals surface area contributed by atoms with E-state index in [1.807, 2.05) is 24.3 Å². The van der Waals surface area contributed by atoms with Crippen LogP contribution >= 0.6 is 0 Å². The van der Waals surface area contributed by atoms with E-state index in [4.69, 9.17) is 0 Å².